The van der Waals surface area contributed by atoms with Crippen LogP contribution in [0.25, 0.3) is 6.08 Å². The van der Waals surface area contributed by atoms with E-state index < -0.39 is 0 Å². The van der Waals surface area contributed by atoms with E-state index in [2.05, 4.69) is 10.6 Å². The lowest BCUT2D eigenvalue weighted by molar-refractivity contribution is -0.111. The minimum Gasteiger partial charge on any atom is -0.496 e. The molecule has 2 amide bonds. The van der Waals surface area contributed by atoms with Crippen molar-refractivity contribution in [3.63, 3.8) is 0 Å². The summed E-state index contributed by atoms with van der Waals surface area (Å²) in [5.74, 6) is 0.675. The molecule has 6 nitrogen and oxygen atoms in total. The molecular weight excluding hydrogens is 368 g/mol. The summed E-state index contributed by atoms with van der Waals surface area (Å²) in [5, 5.41) is 5.53. The van der Waals surface area contributed by atoms with Crippen LogP contribution in [0.3, 0.4) is 0 Å². The van der Waals surface area contributed by atoms with E-state index in [9.17, 15) is 9.59 Å². The molecular formula is C23H22N2O4. The number of ether oxygens (including phenoxy) is 1. The number of anilines is 1. The summed E-state index contributed by atoms with van der Waals surface area (Å²) in [4.78, 5) is 24.9. The van der Waals surface area contributed by atoms with Crippen molar-refractivity contribution >= 4 is 23.6 Å². The monoisotopic (exact) mass is 390 g/mol. The number of hydrogen-bond acceptors (Lipinski definition) is 4. The van der Waals surface area contributed by atoms with Gasteiger partial charge in [0.15, 0.2) is 0 Å². The first-order chi connectivity index (χ1) is 14.1. The smallest absolute Gasteiger partial charge is 0.253 e. The summed E-state index contributed by atoms with van der Waals surface area (Å²) in [7, 11) is 1.58. The normalized spacial score (nSPS) is 10.7. The van der Waals surface area contributed by atoms with E-state index in [0.717, 1.165) is 11.1 Å². The molecule has 2 aromatic carbocycles. The van der Waals surface area contributed by atoms with Crippen molar-refractivity contribution in [2.45, 2.75) is 13.5 Å². The average Bonchev–Trinajstić information content (AvgIpc) is 3.25. The molecule has 0 unspecified atom stereocenters. The van der Waals surface area contributed by atoms with Crippen molar-refractivity contribution in [3.8, 4) is 5.75 Å². The maximum atomic E-state index is 12.5. The molecule has 0 saturated carbocycles. The number of methoxy groups -OCH3 is 1. The maximum absolute atomic E-state index is 12.5. The van der Waals surface area contributed by atoms with E-state index in [0.29, 0.717) is 22.8 Å². The first-order valence-electron chi connectivity index (χ1n) is 9.10. The minimum absolute atomic E-state index is 0.265. The molecule has 6 heteroatoms. The number of para-hydroxylation sites is 1. The quantitative estimate of drug-likeness (QED) is 0.593. The van der Waals surface area contributed by atoms with Crippen LogP contribution >= 0.6 is 0 Å². The topological polar surface area (TPSA) is 80.6 Å². The SMILES string of the molecule is COc1ccc(C)cc1/C=C/C(=O)Nc1ccccc1C(=O)NCc1ccco1. The van der Waals surface area contributed by atoms with Crippen LogP contribution in [0.1, 0.15) is 27.2 Å². The molecule has 0 spiro atoms. The second-order valence-electron chi connectivity index (χ2n) is 6.38. The summed E-state index contributed by atoms with van der Waals surface area (Å²) < 4.78 is 10.5. The van der Waals surface area contributed by atoms with Gasteiger partial charge in [-0.15, -0.1) is 0 Å². The molecule has 29 heavy (non-hydrogen) atoms. The number of rotatable bonds is 7. The lowest BCUT2D eigenvalue weighted by Crippen LogP contribution is -2.24. The minimum atomic E-state index is -0.347. The zero-order valence-electron chi connectivity index (χ0n) is 16.3. The third-order valence-corrected chi connectivity index (χ3v) is 4.23. The van der Waals surface area contributed by atoms with Gasteiger partial charge in [-0.3, -0.25) is 9.59 Å². The fourth-order valence-corrected chi connectivity index (χ4v) is 2.79. The zero-order valence-corrected chi connectivity index (χ0v) is 16.3. The highest BCUT2D eigenvalue weighted by atomic mass is 16.5. The van der Waals surface area contributed by atoms with Crippen LogP contribution < -0.4 is 15.4 Å². The van der Waals surface area contributed by atoms with Crippen LogP contribution in [0.15, 0.2) is 71.4 Å². The number of benzene rings is 2. The molecule has 0 radical (unpaired) electrons. The summed E-state index contributed by atoms with van der Waals surface area (Å²) in [5.41, 5.74) is 2.65. The number of carbonyl (C=O) groups excluding carboxylic acids is 2. The Morgan fingerprint density at radius 2 is 1.93 bits per heavy atom. The van der Waals surface area contributed by atoms with Gasteiger partial charge in [0.1, 0.15) is 11.5 Å². The Kier molecular flexibility index (Phi) is 6.47. The summed E-state index contributed by atoms with van der Waals surface area (Å²) in [6.07, 6.45) is 4.64. The number of furan rings is 1. The predicted molar refractivity (Wildman–Crippen MR) is 112 cm³/mol. The van der Waals surface area contributed by atoms with Crippen molar-refractivity contribution in [2.24, 2.45) is 0 Å². The summed E-state index contributed by atoms with van der Waals surface area (Å²) in [6, 6.07) is 16.1. The van der Waals surface area contributed by atoms with Gasteiger partial charge in [-0.25, -0.2) is 0 Å². The molecule has 3 aromatic rings. The molecule has 0 fully saturated rings. The molecule has 0 saturated heterocycles. The number of hydrogen-bond donors (Lipinski definition) is 2. The molecule has 3 rings (SSSR count). The van der Waals surface area contributed by atoms with Gasteiger partial charge >= 0.3 is 0 Å². The third kappa shape index (κ3) is 5.35. The van der Waals surface area contributed by atoms with Gasteiger partial charge in [0.25, 0.3) is 5.91 Å². The van der Waals surface area contributed by atoms with Crippen molar-refractivity contribution in [2.75, 3.05) is 12.4 Å². The fraction of sp³-hybridized carbons (Fsp3) is 0.130. The van der Waals surface area contributed by atoms with E-state index >= 15 is 0 Å². The number of carbonyl (C=O) groups is 2. The van der Waals surface area contributed by atoms with Gasteiger partial charge in [-0.2, -0.15) is 0 Å². The molecule has 2 N–H and O–H groups in total. The van der Waals surface area contributed by atoms with Gasteiger partial charge in [0.2, 0.25) is 5.91 Å². The van der Waals surface area contributed by atoms with Crippen LogP contribution in [-0.2, 0) is 11.3 Å². The van der Waals surface area contributed by atoms with Crippen molar-refractivity contribution in [1.29, 1.82) is 0 Å². The molecule has 148 valence electrons. The highest BCUT2D eigenvalue weighted by molar-refractivity contribution is 6.07. The van der Waals surface area contributed by atoms with Crippen LogP contribution in [-0.4, -0.2) is 18.9 Å². The summed E-state index contributed by atoms with van der Waals surface area (Å²) >= 11 is 0. The molecule has 1 aromatic heterocycles. The highest BCUT2D eigenvalue weighted by Gasteiger charge is 2.12. The summed E-state index contributed by atoms with van der Waals surface area (Å²) in [6.45, 7) is 2.23. The molecule has 0 aliphatic heterocycles. The van der Waals surface area contributed by atoms with Crippen LogP contribution in [0.5, 0.6) is 5.75 Å². The third-order valence-electron chi connectivity index (χ3n) is 4.23. The largest absolute Gasteiger partial charge is 0.496 e. The standard InChI is InChI=1S/C23H22N2O4/c1-16-9-11-21(28-2)17(14-16)10-12-22(26)25-20-8-4-3-7-19(20)23(27)24-15-18-6-5-13-29-18/h3-14H,15H2,1-2H3,(H,24,27)(H,25,26)/b12-10+. The van der Waals surface area contributed by atoms with E-state index in [1.54, 1.807) is 55.8 Å². The average molecular weight is 390 g/mol. The van der Waals surface area contributed by atoms with Gasteiger partial charge in [-0.1, -0.05) is 23.8 Å². The van der Waals surface area contributed by atoms with Crippen molar-refractivity contribution in [1.82, 2.24) is 5.32 Å². The Hall–Kier alpha value is -3.80. The molecule has 1 heterocycles. The van der Waals surface area contributed by atoms with Gasteiger partial charge in [0, 0.05) is 11.6 Å². The van der Waals surface area contributed by atoms with E-state index in [1.807, 2.05) is 25.1 Å². The van der Waals surface area contributed by atoms with Crippen molar-refractivity contribution in [3.05, 3.63) is 89.4 Å². The lowest BCUT2D eigenvalue weighted by Gasteiger charge is -2.10. The second kappa shape index (κ2) is 9.41. The molecule has 0 aliphatic rings. The van der Waals surface area contributed by atoms with E-state index in [-0.39, 0.29) is 18.4 Å². The fourth-order valence-electron chi connectivity index (χ4n) is 2.79. The Labute approximate surface area is 169 Å². The first-order valence-corrected chi connectivity index (χ1v) is 9.10. The lowest BCUT2D eigenvalue weighted by atomic mass is 10.1. The number of nitrogens with one attached hydrogen (secondary N) is 2. The van der Waals surface area contributed by atoms with E-state index in [1.165, 1.54) is 6.08 Å². The van der Waals surface area contributed by atoms with Gasteiger partial charge in [-0.05, 0) is 49.4 Å². The second-order valence-corrected chi connectivity index (χ2v) is 6.38. The molecule has 0 atom stereocenters. The van der Waals surface area contributed by atoms with Gasteiger partial charge in [0.05, 0.1) is 31.2 Å². The predicted octanol–water partition coefficient (Wildman–Crippen LogP) is 4.18. The van der Waals surface area contributed by atoms with Crippen LogP contribution in [0, 0.1) is 6.92 Å². The Bertz CT molecular complexity index is 1020. The van der Waals surface area contributed by atoms with E-state index in [4.69, 9.17) is 9.15 Å². The molecule has 0 bridgehead atoms. The Balaban J connectivity index is 1.69. The maximum Gasteiger partial charge on any atom is 0.253 e. The van der Waals surface area contributed by atoms with Gasteiger partial charge < -0.3 is 19.8 Å². The Morgan fingerprint density at radius 3 is 2.69 bits per heavy atom. The number of aryl methyl sites for hydroxylation is 1. The van der Waals surface area contributed by atoms with Crippen molar-refractivity contribution < 1.29 is 18.7 Å². The molecule has 0 aliphatic carbocycles. The van der Waals surface area contributed by atoms with Crippen LogP contribution in [0.2, 0.25) is 0 Å². The first kappa shape index (κ1) is 19.9. The van der Waals surface area contributed by atoms with Crippen LogP contribution in [0.4, 0.5) is 5.69 Å². The Morgan fingerprint density at radius 1 is 1.10 bits per heavy atom. The zero-order chi connectivity index (χ0) is 20.6. The highest BCUT2D eigenvalue weighted by Crippen LogP contribution is 2.21. The number of amides is 2.